The Labute approximate surface area is 78.0 Å². The van der Waals surface area contributed by atoms with Crippen LogP contribution >= 0.6 is 0 Å². The van der Waals surface area contributed by atoms with Crippen molar-refractivity contribution in [3.63, 3.8) is 0 Å². The smallest absolute Gasteiger partial charge is 0.373 e. The van der Waals surface area contributed by atoms with Crippen LogP contribution in [0.15, 0.2) is 24.2 Å². The van der Waals surface area contributed by atoms with E-state index in [1.54, 1.807) is 6.92 Å². The molecule has 1 aliphatic carbocycles. The van der Waals surface area contributed by atoms with Crippen LogP contribution in [0.1, 0.15) is 26.2 Å². The minimum absolute atomic E-state index is 0.0787. The number of carbonyl (C=O) groups is 1. The summed E-state index contributed by atoms with van der Waals surface area (Å²) in [5, 5.41) is 0. The Kier molecular flexibility index (Phi) is 3.55. The maximum atomic E-state index is 11.1. The molecule has 0 saturated carbocycles. The fraction of sp³-hybridized carbons (Fsp3) is 0.500. The van der Waals surface area contributed by atoms with Gasteiger partial charge >= 0.3 is 5.97 Å². The molecule has 72 valence electrons. The van der Waals surface area contributed by atoms with Gasteiger partial charge in [-0.15, -0.1) is 0 Å². The van der Waals surface area contributed by atoms with Crippen molar-refractivity contribution in [2.75, 3.05) is 6.61 Å². The number of hydrogen-bond donors (Lipinski definition) is 0. The number of esters is 1. The second kappa shape index (κ2) is 4.70. The number of rotatable bonds is 4. The fourth-order valence-electron chi connectivity index (χ4n) is 1.15. The summed E-state index contributed by atoms with van der Waals surface area (Å²) in [5.41, 5.74) is 0. The van der Waals surface area contributed by atoms with Gasteiger partial charge in [0.25, 0.3) is 0 Å². The lowest BCUT2D eigenvalue weighted by Crippen LogP contribution is -2.08. The molecule has 0 aromatic carbocycles. The zero-order valence-corrected chi connectivity index (χ0v) is 7.84. The first-order valence-electron chi connectivity index (χ1n) is 4.47. The summed E-state index contributed by atoms with van der Waals surface area (Å²) in [6.07, 6.45) is 4.97. The van der Waals surface area contributed by atoms with Crippen LogP contribution in [0.2, 0.25) is 0 Å². The second-order valence-electron chi connectivity index (χ2n) is 2.81. The molecular weight excluding hydrogens is 168 g/mol. The largest absolute Gasteiger partial charge is 0.460 e. The van der Waals surface area contributed by atoms with Crippen molar-refractivity contribution >= 4 is 5.97 Å². The van der Waals surface area contributed by atoms with E-state index < -0.39 is 5.97 Å². The average molecular weight is 182 g/mol. The highest BCUT2D eigenvalue weighted by molar-refractivity contribution is 5.85. The maximum absolute atomic E-state index is 11.1. The average Bonchev–Trinajstić information content (AvgIpc) is 2.57. The van der Waals surface area contributed by atoms with Crippen molar-refractivity contribution in [3.05, 3.63) is 24.2 Å². The lowest BCUT2D eigenvalue weighted by molar-refractivity contribution is -0.141. The van der Waals surface area contributed by atoms with Crippen LogP contribution in [0.25, 0.3) is 0 Å². The van der Waals surface area contributed by atoms with Crippen LogP contribution in [0.4, 0.5) is 0 Å². The topological polar surface area (TPSA) is 35.5 Å². The molecule has 13 heavy (non-hydrogen) atoms. The van der Waals surface area contributed by atoms with Crippen molar-refractivity contribution < 1.29 is 14.3 Å². The molecule has 1 rings (SSSR count). The minimum Gasteiger partial charge on any atom is -0.460 e. The highest BCUT2D eigenvalue weighted by Crippen LogP contribution is 2.20. The fourth-order valence-corrected chi connectivity index (χ4v) is 1.15. The van der Waals surface area contributed by atoms with Crippen molar-refractivity contribution in [2.24, 2.45) is 0 Å². The Morgan fingerprint density at radius 1 is 1.69 bits per heavy atom. The Morgan fingerprint density at radius 2 is 2.46 bits per heavy atom. The minimum atomic E-state index is -0.477. The monoisotopic (exact) mass is 182 g/mol. The van der Waals surface area contributed by atoms with E-state index in [0.29, 0.717) is 6.61 Å². The van der Waals surface area contributed by atoms with E-state index in [-0.39, 0.29) is 5.76 Å². The highest BCUT2D eigenvalue weighted by atomic mass is 16.6. The molecule has 1 aliphatic rings. The van der Waals surface area contributed by atoms with Crippen LogP contribution in [0.3, 0.4) is 0 Å². The van der Waals surface area contributed by atoms with Crippen LogP contribution in [-0.4, -0.2) is 12.6 Å². The van der Waals surface area contributed by atoms with E-state index in [2.05, 4.69) is 6.58 Å². The van der Waals surface area contributed by atoms with Crippen LogP contribution < -0.4 is 0 Å². The molecule has 0 fully saturated rings. The van der Waals surface area contributed by atoms with Gasteiger partial charge in [-0.25, -0.2) is 4.79 Å². The zero-order valence-electron chi connectivity index (χ0n) is 7.84. The Balaban J connectivity index is 2.35. The van der Waals surface area contributed by atoms with Gasteiger partial charge in [-0.2, -0.15) is 0 Å². The maximum Gasteiger partial charge on any atom is 0.373 e. The summed E-state index contributed by atoms with van der Waals surface area (Å²) in [6.45, 7) is 5.60. The van der Waals surface area contributed by atoms with Gasteiger partial charge in [0.15, 0.2) is 0 Å². The molecule has 0 bridgehead atoms. The van der Waals surface area contributed by atoms with Gasteiger partial charge in [-0.1, -0.05) is 0 Å². The van der Waals surface area contributed by atoms with Gasteiger partial charge in [0.05, 0.1) is 6.61 Å². The molecule has 0 atom stereocenters. The van der Waals surface area contributed by atoms with Gasteiger partial charge in [0.1, 0.15) is 5.76 Å². The Morgan fingerprint density at radius 3 is 3.00 bits per heavy atom. The first-order chi connectivity index (χ1) is 6.24. The predicted octanol–water partition coefficient (Wildman–Crippen LogP) is 2.15. The number of carbonyl (C=O) groups excluding carboxylic acids is 1. The number of ether oxygens (including phenoxy) is 2. The molecule has 3 heteroatoms. The SMILES string of the molecule is C=C(OC1=CCCC1)C(=O)OCC. The third kappa shape index (κ3) is 2.93. The number of allylic oxidation sites excluding steroid dienone is 2. The molecule has 0 amide bonds. The zero-order chi connectivity index (χ0) is 9.68. The predicted molar refractivity (Wildman–Crippen MR) is 48.8 cm³/mol. The Bertz CT molecular complexity index is 241. The van der Waals surface area contributed by atoms with E-state index in [1.165, 1.54) is 0 Å². The molecule has 0 radical (unpaired) electrons. The molecule has 0 N–H and O–H groups in total. The van der Waals surface area contributed by atoms with Crippen molar-refractivity contribution in [1.82, 2.24) is 0 Å². The molecule has 0 aromatic heterocycles. The van der Waals surface area contributed by atoms with Gasteiger partial charge in [-0.05, 0) is 32.4 Å². The van der Waals surface area contributed by atoms with E-state index in [1.807, 2.05) is 6.08 Å². The lowest BCUT2D eigenvalue weighted by Gasteiger charge is -2.07. The van der Waals surface area contributed by atoms with Crippen LogP contribution in [0, 0.1) is 0 Å². The summed E-state index contributed by atoms with van der Waals surface area (Å²) < 4.78 is 9.94. The summed E-state index contributed by atoms with van der Waals surface area (Å²) in [6, 6.07) is 0. The van der Waals surface area contributed by atoms with Crippen molar-refractivity contribution in [2.45, 2.75) is 26.2 Å². The normalized spacial score (nSPS) is 15.0. The summed E-state index contributed by atoms with van der Waals surface area (Å²) in [5.74, 6) is 0.434. The Hall–Kier alpha value is -1.25. The summed E-state index contributed by atoms with van der Waals surface area (Å²) >= 11 is 0. The van der Waals surface area contributed by atoms with Crippen LogP contribution in [-0.2, 0) is 14.3 Å². The summed E-state index contributed by atoms with van der Waals surface area (Å²) in [7, 11) is 0. The highest BCUT2D eigenvalue weighted by Gasteiger charge is 2.13. The van der Waals surface area contributed by atoms with Gasteiger partial charge in [-0.3, -0.25) is 0 Å². The molecule has 0 heterocycles. The van der Waals surface area contributed by atoms with E-state index in [0.717, 1.165) is 25.0 Å². The third-order valence-electron chi connectivity index (χ3n) is 1.76. The summed E-state index contributed by atoms with van der Waals surface area (Å²) in [4.78, 5) is 11.1. The third-order valence-corrected chi connectivity index (χ3v) is 1.76. The molecule has 0 unspecified atom stereocenters. The molecule has 3 nitrogen and oxygen atoms in total. The molecule has 0 aromatic rings. The molecule has 0 saturated heterocycles. The standard InChI is InChI=1S/C10H14O3/c1-3-12-10(11)8(2)13-9-6-4-5-7-9/h6H,2-5,7H2,1H3. The van der Waals surface area contributed by atoms with Crippen molar-refractivity contribution in [3.8, 4) is 0 Å². The van der Waals surface area contributed by atoms with Crippen LogP contribution in [0.5, 0.6) is 0 Å². The van der Waals surface area contributed by atoms with E-state index in [9.17, 15) is 4.79 Å². The number of hydrogen-bond acceptors (Lipinski definition) is 3. The first-order valence-corrected chi connectivity index (χ1v) is 4.47. The molecule has 0 spiro atoms. The molecular formula is C10H14O3. The van der Waals surface area contributed by atoms with Gasteiger partial charge in [0.2, 0.25) is 5.76 Å². The van der Waals surface area contributed by atoms with Gasteiger partial charge < -0.3 is 9.47 Å². The first kappa shape index (κ1) is 9.84. The molecule has 0 aliphatic heterocycles. The van der Waals surface area contributed by atoms with E-state index >= 15 is 0 Å². The van der Waals surface area contributed by atoms with E-state index in [4.69, 9.17) is 9.47 Å². The second-order valence-corrected chi connectivity index (χ2v) is 2.81. The lowest BCUT2D eigenvalue weighted by atomic mass is 10.3. The van der Waals surface area contributed by atoms with Crippen molar-refractivity contribution in [1.29, 1.82) is 0 Å². The quantitative estimate of drug-likeness (QED) is 0.379. The van der Waals surface area contributed by atoms with Gasteiger partial charge in [0, 0.05) is 6.42 Å².